The Morgan fingerprint density at radius 1 is 0.878 bits per heavy atom. The van der Waals surface area contributed by atoms with Crippen molar-refractivity contribution >= 4 is 23.5 Å². The van der Waals surface area contributed by atoms with Crippen LogP contribution in [0, 0.1) is 11.3 Å². The van der Waals surface area contributed by atoms with Gasteiger partial charge in [0, 0.05) is 50.3 Å². The van der Waals surface area contributed by atoms with E-state index in [1.54, 1.807) is 49.6 Å². The zero-order valence-electron chi connectivity index (χ0n) is 23.0. The van der Waals surface area contributed by atoms with Gasteiger partial charge in [0.2, 0.25) is 5.91 Å². The Kier molecular flexibility index (Phi) is 6.86. The number of nitrogens with one attached hydrogen (secondary N) is 1. The molecule has 0 saturated carbocycles. The Hall–Kier alpha value is -4.44. The number of hydrogen-bond donors (Lipinski definition) is 1. The number of benzene rings is 2. The molecule has 3 aromatic rings. The summed E-state index contributed by atoms with van der Waals surface area (Å²) in [6, 6.07) is 18.4. The van der Waals surface area contributed by atoms with Crippen LogP contribution < -0.4 is 25.2 Å². The van der Waals surface area contributed by atoms with E-state index >= 15 is 0 Å². The molecule has 10 heteroatoms. The quantitative estimate of drug-likeness (QED) is 0.446. The molecule has 6 rings (SSSR count). The Morgan fingerprint density at radius 3 is 2.41 bits per heavy atom. The van der Waals surface area contributed by atoms with Crippen LogP contribution >= 0.6 is 0 Å². The molecule has 3 atom stereocenters. The Balaban J connectivity index is 1.39. The van der Waals surface area contributed by atoms with Crippen LogP contribution in [0.3, 0.4) is 0 Å². The summed E-state index contributed by atoms with van der Waals surface area (Å²) in [6.45, 7) is 1.92. The number of ether oxygens (including phenoxy) is 2. The molecule has 2 bridgehead atoms. The number of urea groups is 1. The lowest BCUT2D eigenvalue weighted by Crippen LogP contribution is -2.68. The lowest BCUT2D eigenvalue weighted by atomic mass is 9.75. The van der Waals surface area contributed by atoms with Crippen molar-refractivity contribution in [2.75, 3.05) is 38.8 Å². The number of imide groups is 2. The number of anilines is 1. The number of fused-ring (bicyclic) bond motifs is 4. The topological polar surface area (TPSA) is 110 Å². The van der Waals surface area contributed by atoms with E-state index in [1.807, 2.05) is 28.8 Å². The van der Waals surface area contributed by atoms with E-state index in [1.165, 1.54) is 7.11 Å². The highest BCUT2D eigenvalue weighted by molar-refractivity contribution is 6.30. The van der Waals surface area contributed by atoms with E-state index in [2.05, 4.69) is 10.2 Å². The molecule has 212 valence electrons. The highest BCUT2D eigenvalue weighted by Crippen LogP contribution is 2.40. The summed E-state index contributed by atoms with van der Waals surface area (Å²) in [6.07, 6.45) is 0.986. The van der Waals surface area contributed by atoms with E-state index in [9.17, 15) is 19.2 Å². The number of rotatable bonds is 7. The maximum atomic E-state index is 14.5. The number of methoxy groups -OCH3 is 2. The van der Waals surface area contributed by atoms with Crippen LogP contribution in [-0.4, -0.2) is 61.2 Å². The van der Waals surface area contributed by atoms with Gasteiger partial charge in [-0.2, -0.15) is 0 Å². The molecular formula is C31H32N4O6. The summed E-state index contributed by atoms with van der Waals surface area (Å²) in [5.41, 5.74) is 0.399. The standard InChI is InChI=1S/C31H32N4O6/c1-40-24-12-10-23(11-13-24)35-29(38)31(28(37)32-30(35)39,15-21-6-3-4-8-26(21)41-2)19-33-16-20-14-22(18-33)25-7-5-9-27(36)34(25)17-20/h3-13,20,22H,14-19H2,1-2H3,(H,32,37,39). The van der Waals surface area contributed by atoms with Crippen LogP contribution in [-0.2, 0) is 22.6 Å². The first-order chi connectivity index (χ1) is 19.8. The summed E-state index contributed by atoms with van der Waals surface area (Å²) >= 11 is 0. The van der Waals surface area contributed by atoms with Crippen LogP contribution in [0.4, 0.5) is 10.5 Å². The predicted octanol–water partition coefficient (Wildman–Crippen LogP) is 2.80. The molecule has 1 N–H and O–H groups in total. The molecule has 2 aromatic carbocycles. The number of nitrogens with zero attached hydrogens (tertiary/aromatic N) is 3. The number of pyridine rings is 1. The van der Waals surface area contributed by atoms with Gasteiger partial charge in [0.05, 0.1) is 19.9 Å². The molecule has 0 spiro atoms. The summed E-state index contributed by atoms with van der Waals surface area (Å²) in [5, 5.41) is 2.48. The molecule has 41 heavy (non-hydrogen) atoms. The summed E-state index contributed by atoms with van der Waals surface area (Å²) in [5.74, 6) is 0.218. The van der Waals surface area contributed by atoms with Crippen molar-refractivity contribution in [1.82, 2.24) is 14.8 Å². The lowest BCUT2D eigenvalue weighted by Gasteiger charge is -2.47. The highest BCUT2D eigenvalue weighted by Gasteiger charge is 2.56. The van der Waals surface area contributed by atoms with Crippen molar-refractivity contribution in [3.8, 4) is 11.5 Å². The molecule has 3 aliphatic heterocycles. The molecule has 2 fully saturated rings. The zero-order chi connectivity index (χ0) is 28.7. The van der Waals surface area contributed by atoms with Crippen LogP contribution in [0.15, 0.2) is 71.5 Å². The Morgan fingerprint density at radius 2 is 1.66 bits per heavy atom. The maximum absolute atomic E-state index is 14.5. The van der Waals surface area contributed by atoms with Crippen molar-refractivity contribution < 1.29 is 23.9 Å². The Labute approximate surface area is 237 Å². The monoisotopic (exact) mass is 556 g/mol. The van der Waals surface area contributed by atoms with Crippen LogP contribution in [0.5, 0.6) is 11.5 Å². The summed E-state index contributed by atoms with van der Waals surface area (Å²) in [7, 11) is 3.08. The molecule has 3 aliphatic rings. The zero-order valence-corrected chi connectivity index (χ0v) is 23.0. The molecule has 4 amide bonds. The van der Waals surface area contributed by atoms with Gasteiger partial charge in [-0.15, -0.1) is 0 Å². The van der Waals surface area contributed by atoms with Gasteiger partial charge in [-0.1, -0.05) is 24.3 Å². The predicted molar refractivity (Wildman–Crippen MR) is 151 cm³/mol. The van der Waals surface area contributed by atoms with Crippen LogP contribution in [0.2, 0.25) is 0 Å². The average Bonchev–Trinajstić information content (AvgIpc) is 2.97. The van der Waals surface area contributed by atoms with E-state index in [0.717, 1.165) is 17.0 Å². The number of aromatic nitrogens is 1. The second-order valence-electron chi connectivity index (χ2n) is 11.1. The van der Waals surface area contributed by atoms with Gasteiger partial charge >= 0.3 is 6.03 Å². The number of amides is 4. The Bertz CT molecular complexity index is 1570. The fourth-order valence-corrected chi connectivity index (χ4v) is 6.67. The number of hydrogen-bond acceptors (Lipinski definition) is 7. The van der Waals surface area contributed by atoms with E-state index in [-0.39, 0.29) is 30.4 Å². The van der Waals surface area contributed by atoms with Gasteiger partial charge in [-0.25, -0.2) is 9.69 Å². The minimum absolute atomic E-state index is 0.00576. The second kappa shape index (κ2) is 10.5. The minimum atomic E-state index is -1.61. The van der Waals surface area contributed by atoms with Gasteiger partial charge < -0.3 is 18.9 Å². The van der Waals surface area contributed by atoms with E-state index in [4.69, 9.17) is 9.47 Å². The van der Waals surface area contributed by atoms with Crippen molar-refractivity contribution in [3.05, 3.63) is 88.3 Å². The molecule has 0 radical (unpaired) electrons. The second-order valence-corrected chi connectivity index (χ2v) is 11.1. The number of para-hydroxylation sites is 1. The molecule has 10 nitrogen and oxygen atoms in total. The first-order valence-corrected chi connectivity index (χ1v) is 13.7. The fourth-order valence-electron chi connectivity index (χ4n) is 6.67. The minimum Gasteiger partial charge on any atom is -0.497 e. The number of carbonyl (C=O) groups excluding carboxylic acids is 3. The van der Waals surface area contributed by atoms with Gasteiger partial charge in [0.25, 0.3) is 11.5 Å². The number of piperidine rings is 1. The number of likely N-dealkylation sites (tertiary alicyclic amines) is 1. The van der Waals surface area contributed by atoms with Crippen molar-refractivity contribution in [3.63, 3.8) is 0 Å². The third-order valence-electron chi connectivity index (χ3n) is 8.53. The lowest BCUT2D eigenvalue weighted by molar-refractivity contribution is -0.144. The average molecular weight is 557 g/mol. The molecule has 2 saturated heterocycles. The molecule has 3 unspecified atom stereocenters. The first kappa shape index (κ1) is 26.8. The SMILES string of the molecule is COc1ccc(N2C(=O)NC(=O)C(Cc3ccccc3OC)(CN3CC4CC(C3)c3cccc(=O)n3C4)C2=O)cc1. The fraction of sp³-hybridized carbons (Fsp3) is 0.355. The van der Waals surface area contributed by atoms with Crippen molar-refractivity contribution in [2.45, 2.75) is 25.3 Å². The summed E-state index contributed by atoms with van der Waals surface area (Å²) < 4.78 is 12.7. The van der Waals surface area contributed by atoms with Gasteiger partial charge in [0.1, 0.15) is 16.9 Å². The van der Waals surface area contributed by atoms with Crippen LogP contribution in [0.25, 0.3) is 0 Å². The first-order valence-electron chi connectivity index (χ1n) is 13.7. The smallest absolute Gasteiger partial charge is 0.335 e. The molecule has 0 aliphatic carbocycles. The highest BCUT2D eigenvalue weighted by atomic mass is 16.5. The third kappa shape index (κ3) is 4.67. The van der Waals surface area contributed by atoms with Gasteiger partial charge in [-0.3, -0.25) is 19.7 Å². The van der Waals surface area contributed by atoms with Crippen molar-refractivity contribution in [2.24, 2.45) is 11.3 Å². The van der Waals surface area contributed by atoms with Gasteiger partial charge in [0.15, 0.2) is 0 Å². The third-order valence-corrected chi connectivity index (χ3v) is 8.53. The van der Waals surface area contributed by atoms with E-state index < -0.39 is 23.3 Å². The molecule has 1 aromatic heterocycles. The molecular weight excluding hydrogens is 524 g/mol. The maximum Gasteiger partial charge on any atom is 0.335 e. The number of barbiturate groups is 1. The largest absolute Gasteiger partial charge is 0.497 e. The van der Waals surface area contributed by atoms with Crippen LogP contribution in [0.1, 0.15) is 23.6 Å². The summed E-state index contributed by atoms with van der Waals surface area (Å²) in [4.78, 5) is 57.2. The van der Waals surface area contributed by atoms with Crippen molar-refractivity contribution in [1.29, 1.82) is 0 Å². The van der Waals surface area contributed by atoms with Gasteiger partial charge in [-0.05, 0) is 54.3 Å². The molecule has 4 heterocycles. The number of carbonyl (C=O) groups is 3. The normalized spacial score (nSPS) is 24.0. The van der Waals surface area contributed by atoms with E-state index in [0.29, 0.717) is 42.4 Å².